The molecule has 3 aliphatic heterocycles. The predicted molar refractivity (Wildman–Crippen MR) is 106 cm³/mol. The van der Waals surface area contributed by atoms with Gasteiger partial charge < -0.3 is 79.5 Å². The van der Waals surface area contributed by atoms with Crippen molar-refractivity contribution in [3.63, 3.8) is 0 Å². The highest BCUT2D eigenvalue weighted by molar-refractivity contribution is 5.37. The van der Waals surface area contributed by atoms with E-state index in [1.54, 1.807) is 0 Å². The molecule has 10 N–H and O–H groups in total. The van der Waals surface area contributed by atoms with Crippen LogP contribution in [0, 0.1) is 0 Å². The van der Waals surface area contributed by atoms with Crippen molar-refractivity contribution in [2.75, 3.05) is 19.8 Å². The highest BCUT2D eigenvalue weighted by Crippen LogP contribution is 2.33. The van der Waals surface area contributed by atoms with E-state index in [1.807, 2.05) is 0 Å². The lowest BCUT2D eigenvalue weighted by molar-refractivity contribution is -0.390. The molecule has 3 heterocycles. The monoisotopic (exact) mass is 532 g/mol. The van der Waals surface area contributed by atoms with Crippen LogP contribution in [0.15, 0.2) is 0 Å². The van der Waals surface area contributed by atoms with Gasteiger partial charge in [-0.3, -0.25) is 4.79 Å². The standard InChI is InChI=1S/C19H32O17/c20-1-5-8(24)11(27)14(30)17(32-5)35-16-13(29)10(26)7(3-22)34-19(16)36-15-12(28)9(25)6(2-21)33-18(15)31-4-23/h4-22,24-30H,1-3H2. The molecule has 0 aliphatic carbocycles. The fourth-order valence-corrected chi connectivity index (χ4v) is 4.17. The van der Waals surface area contributed by atoms with Gasteiger partial charge in [-0.1, -0.05) is 0 Å². The molecule has 3 aliphatic rings. The van der Waals surface area contributed by atoms with Crippen LogP contribution in [0.25, 0.3) is 0 Å². The van der Waals surface area contributed by atoms with Gasteiger partial charge in [0.2, 0.25) is 6.29 Å². The Bertz CT molecular complexity index is 697. The Balaban J connectivity index is 1.86. The summed E-state index contributed by atoms with van der Waals surface area (Å²) in [4.78, 5) is 10.9. The molecule has 0 aromatic carbocycles. The SMILES string of the molecule is O=COC1OC(CO)C(O)C(O)C1OC1OC(CO)C(O)C(O)C1OC1OC(CO)C(O)C(O)C1O. The molecule has 0 saturated carbocycles. The van der Waals surface area contributed by atoms with Gasteiger partial charge in [-0.05, 0) is 0 Å². The second-order valence-corrected chi connectivity index (χ2v) is 8.54. The van der Waals surface area contributed by atoms with Crippen molar-refractivity contribution in [1.82, 2.24) is 0 Å². The molecule has 0 radical (unpaired) electrons. The quantitative estimate of drug-likeness (QED) is 0.123. The molecule has 210 valence electrons. The number of carbonyl (C=O) groups excluding carboxylic acids is 1. The van der Waals surface area contributed by atoms with Gasteiger partial charge in [0.25, 0.3) is 6.47 Å². The van der Waals surface area contributed by atoms with Crippen LogP contribution in [0.5, 0.6) is 0 Å². The van der Waals surface area contributed by atoms with Crippen LogP contribution in [0.3, 0.4) is 0 Å². The zero-order chi connectivity index (χ0) is 26.7. The van der Waals surface area contributed by atoms with Crippen molar-refractivity contribution in [2.45, 2.75) is 92.1 Å². The first-order valence-electron chi connectivity index (χ1n) is 11.0. The molecule has 3 saturated heterocycles. The zero-order valence-corrected chi connectivity index (χ0v) is 18.7. The lowest BCUT2D eigenvalue weighted by atomic mass is 9.96. The molecule has 3 fully saturated rings. The summed E-state index contributed by atoms with van der Waals surface area (Å²) in [5.41, 5.74) is 0. The summed E-state index contributed by atoms with van der Waals surface area (Å²) in [6.45, 7) is -2.43. The highest BCUT2D eigenvalue weighted by Gasteiger charge is 2.54. The van der Waals surface area contributed by atoms with Gasteiger partial charge in [0.1, 0.15) is 67.1 Å². The lowest BCUT2D eigenvalue weighted by Gasteiger charge is -2.48. The van der Waals surface area contributed by atoms with E-state index in [9.17, 15) is 55.9 Å². The molecule has 0 aromatic rings. The minimum Gasteiger partial charge on any atom is -0.435 e. The van der Waals surface area contributed by atoms with E-state index in [1.165, 1.54) is 0 Å². The van der Waals surface area contributed by atoms with Crippen LogP contribution in [0.2, 0.25) is 0 Å². The van der Waals surface area contributed by atoms with Crippen LogP contribution in [0.4, 0.5) is 0 Å². The summed E-state index contributed by atoms with van der Waals surface area (Å²) >= 11 is 0. The number of aliphatic hydroxyl groups excluding tert-OH is 10. The summed E-state index contributed by atoms with van der Waals surface area (Å²) in [6, 6.07) is 0. The van der Waals surface area contributed by atoms with E-state index in [-0.39, 0.29) is 6.47 Å². The maximum Gasteiger partial charge on any atom is 0.295 e. The molecule has 17 nitrogen and oxygen atoms in total. The Labute approximate surface area is 203 Å². The third-order valence-corrected chi connectivity index (χ3v) is 6.27. The average Bonchev–Trinajstić information content (AvgIpc) is 2.87. The molecule has 3 rings (SSSR count). The lowest BCUT2D eigenvalue weighted by Crippen LogP contribution is -2.67. The fraction of sp³-hybridized carbons (Fsp3) is 0.947. The number of hydrogen-bond donors (Lipinski definition) is 10. The third kappa shape index (κ3) is 5.80. The molecule has 17 heteroatoms. The Morgan fingerprint density at radius 1 is 0.528 bits per heavy atom. The smallest absolute Gasteiger partial charge is 0.295 e. The first kappa shape index (κ1) is 29.4. The largest absolute Gasteiger partial charge is 0.435 e. The van der Waals surface area contributed by atoms with E-state index < -0.39 is 112 Å². The average molecular weight is 532 g/mol. The molecule has 0 amide bonds. The van der Waals surface area contributed by atoms with Crippen LogP contribution >= 0.6 is 0 Å². The van der Waals surface area contributed by atoms with Gasteiger partial charge in [0, 0.05) is 0 Å². The predicted octanol–water partition coefficient (Wildman–Crippen LogP) is -7.39. The van der Waals surface area contributed by atoms with Crippen LogP contribution in [-0.2, 0) is 33.2 Å². The van der Waals surface area contributed by atoms with E-state index in [4.69, 9.17) is 28.4 Å². The number of ether oxygens (including phenoxy) is 6. The number of hydrogen-bond acceptors (Lipinski definition) is 17. The number of rotatable bonds is 9. The van der Waals surface area contributed by atoms with E-state index >= 15 is 0 Å². The van der Waals surface area contributed by atoms with E-state index in [2.05, 4.69) is 0 Å². The maximum absolute atomic E-state index is 10.9. The van der Waals surface area contributed by atoms with Crippen LogP contribution < -0.4 is 0 Å². The molecule has 0 bridgehead atoms. The molecular formula is C19H32O17. The number of aliphatic hydroxyl groups is 10. The van der Waals surface area contributed by atoms with Gasteiger partial charge in [-0.15, -0.1) is 0 Å². The second-order valence-electron chi connectivity index (χ2n) is 8.54. The summed E-state index contributed by atoms with van der Waals surface area (Å²) in [6.07, 6.45) is -25.8. The highest BCUT2D eigenvalue weighted by atomic mass is 16.8. The molecule has 15 unspecified atom stereocenters. The number of carbonyl (C=O) groups is 1. The normalized spacial score (nSPS) is 50.0. The van der Waals surface area contributed by atoms with Gasteiger partial charge in [-0.2, -0.15) is 0 Å². The minimum atomic E-state index is -1.91. The fourth-order valence-electron chi connectivity index (χ4n) is 4.17. The van der Waals surface area contributed by atoms with Gasteiger partial charge in [0.15, 0.2) is 18.7 Å². The van der Waals surface area contributed by atoms with Crippen molar-refractivity contribution in [2.24, 2.45) is 0 Å². The minimum absolute atomic E-state index is 0.0569. The van der Waals surface area contributed by atoms with E-state index in [0.717, 1.165) is 0 Å². The van der Waals surface area contributed by atoms with Crippen molar-refractivity contribution in [3.05, 3.63) is 0 Å². The molecule has 0 aromatic heterocycles. The molecule has 15 atom stereocenters. The first-order chi connectivity index (χ1) is 17.1. The molecule has 36 heavy (non-hydrogen) atoms. The van der Waals surface area contributed by atoms with Crippen molar-refractivity contribution >= 4 is 6.47 Å². The van der Waals surface area contributed by atoms with Crippen LogP contribution in [-0.4, -0.2) is 169 Å². The summed E-state index contributed by atoms with van der Waals surface area (Å²) < 4.78 is 31.7. The summed E-state index contributed by atoms with van der Waals surface area (Å²) in [5.74, 6) is 0. The van der Waals surface area contributed by atoms with E-state index in [0.29, 0.717) is 0 Å². The topological polar surface area (TPSA) is 275 Å². The van der Waals surface area contributed by atoms with Gasteiger partial charge in [0.05, 0.1) is 19.8 Å². The Morgan fingerprint density at radius 2 is 0.917 bits per heavy atom. The van der Waals surface area contributed by atoms with Gasteiger partial charge in [-0.25, -0.2) is 0 Å². The first-order valence-corrected chi connectivity index (χ1v) is 11.0. The second kappa shape index (κ2) is 12.6. The Morgan fingerprint density at radius 3 is 1.39 bits per heavy atom. The summed E-state index contributed by atoms with van der Waals surface area (Å²) in [5, 5.41) is 100. The summed E-state index contributed by atoms with van der Waals surface area (Å²) in [7, 11) is 0. The Kier molecular flexibility index (Phi) is 10.3. The van der Waals surface area contributed by atoms with Crippen molar-refractivity contribution in [3.8, 4) is 0 Å². The molecule has 0 spiro atoms. The van der Waals surface area contributed by atoms with Gasteiger partial charge >= 0.3 is 0 Å². The zero-order valence-electron chi connectivity index (χ0n) is 18.7. The van der Waals surface area contributed by atoms with Crippen LogP contribution in [0.1, 0.15) is 0 Å². The molecular weight excluding hydrogens is 500 g/mol. The van der Waals surface area contributed by atoms with Crippen molar-refractivity contribution in [1.29, 1.82) is 0 Å². The Hall–Kier alpha value is -1.13. The maximum atomic E-state index is 10.9. The third-order valence-electron chi connectivity index (χ3n) is 6.27. The van der Waals surface area contributed by atoms with Crippen molar-refractivity contribution < 1.29 is 84.3 Å².